The van der Waals surface area contributed by atoms with Gasteiger partial charge in [-0.3, -0.25) is 4.79 Å². The van der Waals surface area contributed by atoms with Crippen LogP contribution in [0.5, 0.6) is 0 Å². The molecule has 2 rings (SSSR count). The highest BCUT2D eigenvalue weighted by molar-refractivity contribution is 6.20. The van der Waals surface area contributed by atoms with Gasteiger partial charge < -0.3 is 15.1 Å². The lowest BCUT2D eigenvalue weighted by atomic mass is 9.74. The molecule has 2 fully saturated rings. The number of carbonyl (C=O) groups is 1. The van der Waals surface area contributed by atoms with E-state index in [1.165, 1.54) is 0 Å². The lowest BCUT2D eigenvalue weighted by Gasteiger charge is -2.39. The summed E-state index contributed by atoms with van der Waals surface area (Å²) >= 11 is 6.23. The molecule has 5 heteroatoms. The number of piperidine rings is 1. The van der Waals surface area contributed by atoms with Gasteiger partial charge in [0.1, 0.15) is 0 Å². The third-order valence-electron chi connectivity index (χ3n) is 5.23. The Labute approximate surface area is 132 Å². The van der Waals surface area contributed by atoms with E-state index < -0.39 is 0 Å². The molecule has 1 heterocycles. The van der Waals surface area contributed by atoms with Gasteiger partial charge in [-0.25, -0.2) is 0 Å². The topological polar surface area (TPSA) is 60.8 Å². The molecule has 2 N–H and O–H groups in total. The van der Waals surface area contributed by atoms with Crippen LogP contribution in [0.3, 0.4) is 0 Å². The van der Waals surface area contributed by atoms with Gasteiger partial charge in [0.15, 0.2) is 0 Å². The molecule has 0 bridgehead atoms. The molecule has 122 valence electrons. The van der Waals surface area contributed by atoms with Gasteiger partial charge >= 0.3 is 0 Å². The number of halogens is 1. The van der Waals surface area contributed by atoms with Crippen molar-refractivity contribution in [1.29, 1.82) is 0 Å². The molecule has 0 aromatic rings. The van der Waals surface area contributed by atoms with Gasteiger partial charge in [0.2, 0.25) is 5.91 Å². The monoisotopic (exact) mass is 317 g/mol. The smallest absolute Gasteiger partial charge is 0.224 e. The van der Waals surface area contributed by atoms with Crippen LogP contribution in [-0.2, 0) is 4.79 Å². The number of aliphatic hydroxyl groups is 2. The van der Waals surface area contributed by atoms with Gasteiger partial charge in [0.05, 0.1) is 12.7 Å². The predicted octanol–water partition coefficient (Wildman–Crippen LogP) is 2.01. The van der Waals surface area contributed by atoms with Crippen LogP contribution in [0.15, 0.2) is 0 Å². The minimum Gasteiger partial charge on any atom is -0.396 e. The van der Waals surface area contributed by atoms with E-state index >= 15 is 0 Å². The fourth-order valence-corrected chi connectivity index (χ4v) is 4.08. The van der Waals surface area contributed by atoms with E-state index in [4.69, 9.17) is 16.7 Å². The number of aliphatic hydroxyl groups excluding tert-OH is 2. The van der Waals surface area contributed by atoms with Crippen molar-refractivity contribution in [3.8, 4) is 0 Å². The third kappa shape index (κ3) is 4.57. The maximum Gasteiger partial charge on any atom is 0.224 e. The van der Waals surface area contributed by atoms with Crippen LogP contribution in [0.25, 0.3) is 0 Å². The number of alkyl halides is 1. The van der Waals surface area contributed by atoms with Crippen molar-refractivity contribution in [2.24, 2.45) is 17.8 Å². The Morgan fingerprint density at radius 2 is 1.95 bits per heavy atom. The molecule has 0 spiro atoms. The molecule has 1 amide bonds. The van der Waals surface area contributed by atoms with Crippen LogP contribution < -0.4 is 0 Å². The number of hydrogen-bond donors (Lipinski definition) is 2. The number of carbonyl (C=O) groups excluding carboxylic acids is 1. The van der Waals surface area contributed by atoms with Gasteiger partial charge in [0.25, 0.3) is 0 Å². The van der Waals surface area contributed by atoms with Gasteiger partial charge in [-0.1, -0.05) is 6.92 Å². The highest BCUT2D eigenvalue weighted by atomic mass is 35.5. The predicted molar refractivity (Wildman–Crippen MR) is 83.2 cm³/mol. The first-order chi connectivity index (χ1) is 10.0. The molecule has 2 aliphatic rings. The number of rotatable bonds is 4. The molecule has 4 atom stereocenters. The normalized spacial score (nSPS) is 35.0. The average Bonchev–Trinajstić information content (AvgIpc) is 2.46. The summed E-state index contributed by atoms with van der Waals surface area (Å²) in [7, 11) is 0. The van der Waals surface area contributed by atoms with E-state index in [1.54, 1.807) is 0 Å². The van der Waals surface area contributed by atoms with Crippen LogP contribution in [-0.4, -0.2) is 52.2 Å². The molecule has 0 radical (unpaired) electrons. The minimum absolute atomic E-state index is 0.0623. The second-order valence-electron chi connectivity index (χ2n) is 6.83. The third-order valence-corrected chi connectivity index (χ3v) is 5.84. The lowest BCUT2D eigenvalue weighted by Crippen LogP contribution is -2.41. The highest BCUT2D eigenvalue weighted by Gasteiger charge is 2.35. The number of nitrogens with zero attached hydrogens (tertiary/aromatic N) is 1. The zero-order valence-electron chi connectivity index (χ0n) is 12.9. The largest absolute Gasteiger partial charge is 0.396 e. The minimum atomic E-state index is -0.266. The molecule has 1 saturated heterocycles. The number of hydrogen-bond acceptors (Lipinski definition) is 3. The molecule has 21 heavy (non-hydrogen) atoms. The summed E-state index contributed by atoms with van der Waals surface area (Å²) in [6, 6.07) is 0. The Morgan fingerprint density at radius 1 is 1.29 bits per heavy atom. The molecule has 1 aliphatic carbocycles. The van der Waals surface area contributed by atoms with Crippen molar-refractivity contribution in [3.05, 3.63) is 0 Å². The van der Waals surface area contributed by atoms with Crippen LogP contribution >= 0.6 is 11.6 Å². The van der Waals surface area contributed by atoms with E-state index in [0.29, 0.717) is 24.2 Å². The number of amides is 1. The second-order valence-corrected chi connectivity index (χ2v) is 7.39. The van der Waals surface area contributed by atoms with E-state index in [2.05, 4.69) is 6.92 Å². The van der Waals surface area contributed by atoms with Gasteiger partial charge in [0, 0.05) is 24.9 Å². The maximum absolute atomic E-state index is 11.7. The Bertz CT molecular complexity index is 344. The molecule has 0 aromatic heterocycles. The van der Waals surface area contributed by atoms with Crippen molar-refractivity contribution in [1.82, 2.24) is 4.90 Å². The summed E-state index contributed by atoms with van der Waals surface area (Å²) in [6.07, 6.45) is 4.77. The summed E-state index contributed by atoms with van der Waals surface area (Å²) < 4.78 is 0. The molecular formula is C16H28ClNO3. The summed E-state index contributed by atoms with van der Waals surface area (Å²) in [5, 5.41) is 19.2. The number of likely N-dealkylation sites (tertiary alicyclic amines) is 1. The summed E-state index contributed by atoms with van der Waals surface area (Å²) in [5.74, 6) is 1.50. The first-order valence-electron chi connectivity index (χ1n) is 8.22. The Morgan fingerprint density at radius 3 is 2.57 bits per heavy atom. The maximum atomic E-state index is 11.7. The van der Waals surface area contributed by atoms with E-state index in [1.807, 2.05) is 4.90 Å². The quantitative estimate of drug-likeness (QED) is 0.780. The zero-order valence-corrected chi connectivity index (χ0v) is 13.6. The van der Waals surface area contributed by atoms with Crippen molar-refractivity contribution < 1.29 is 15.0 Å². The summed E-state index contributed by atoms with van der Waals surface area (Å²) in [5.41, 5.74) is 0. The first-order valence-corrected chi connectivity index (χ1v) is 8.65. The van der Waals surface area contributed by atoms with Crippen molar-refractivity contribution in [2.45, 2.75) is 56.9 Å². The molecule has 1 saturated carbocycles. The Hall–Kier alpha value is -0.320. The molecule has 4 nitrogen and oxygen atoms in total. The zero-order chi connectivity index (χ0) is 15.4. The van der Waals surface area contributed by atoms with Crippen LogP contribution in [0, 0.1) is 17.8 Å². The fraction of sp³-hybridized carbons (Fsp3) is 0.938. The fourth-order valence-electron chi connectivity index (χ4n) is 3.79. The van der Waals surface area contributed by atoms with Crippen LogP contribution in [0.4, 0.5) is 0 Å². The summed E-state index contributed by atoms with van der Waals surface area (Å²) in [6.45, 7) is 3.69. The lowest BCUT2D eigenvalue weighted by molar-refractivity contribution is -0.133. The van der Waals surface area contributed by atoms with Crippen molar-refractivity contribution in [2.75, 3.05) is 19.7 Å². The standard InChI is InChI=1S/C16H28ClNO3/c1-11-8-13(15(20)10-14(11)17)9-12-2-5-18(6-3-12)16(21)4-7-19/h11-15,19-20H,2-10H2,1H3. The average molecular weight is 318 g/mol. The molecular weight excluding hydrogens is 290 g/mol. The Balaban J connectivity index is 1.77. The highest BCUT2D eigenvalue weighted by Crippen LogP contribution is 2.37. The molecule has 0 aromatic carbocycles. The van der Waals surface area contributed by atoms with Gasteiger partial charge in [-0.15, -0.1) is 11.6 Å². The van der Waals surface area contributed by atoms with E-state index in [-0.39, 0.29) is 30.4 Å². The molecule has 1 aliphatic heterocycles. The van der Waals surface area contributed by atoms with Crippen LogP contribution in [0.2, 0.25) is 0 Å². The van der Waals surface area contributed by atoms with Crippen molar-refractivity contribution in [3.63, 3.8) is 0 Å². The summed E-state index contributed by atoms with van der Waals surface area (Å²) in [4.78, 5) is 13.6. The van der Waals surface area contributed by atoms with E-state index in [9.17, 15) is 9.90 Å². The van der Waals surface area contributed by atoms with Gasteiger partial charge in [-0.2, -0.15) is 0 Å². The SMILES string of the molecule is CC1CC(CC2CCN(C(=O)CCO)CC2)C(O)CC1Cl. The van der Waals surface area contributed by atoms with Gasteiger partial charge in [-0.05, 0) is 49.9 Å². The van der Waals surface area contributed by atoms with E-state index in [0.717, 1.165) is 38.8 Å². The van der Waals surface area contributed by atoms with Crippen LogP contribution in [0.1, 0.15) is 45.4 Å². The Kier molecular flexibility index (Phi) is 6.33. The molecule has 4 unspecified atom stereocenters. The van der Waals surface area contributed by atoms with Crippen molar-refractivity contribution >= 4 is 17.5 Å². The second kappa shape index (κ2) is 7.80. The first kappa shape index (κ1) is 17.0.